The van der Waals surface area contributed by atoms with Crippen LogP contribution < -0.4 is 0 Å². The van der Waals surface area contributed by atoms with E-state index in [-0.39, 0.29) is 5.69 Å². The van der Waals surface area contributed by atoms with Crippen molar-refractivity contribution in [2.24, 2.45) is 0 Å². The van der Waals surface area contributed by atoms with Crippen LogP contribution in [0, 0.1) is 6.92 Å². The van der Waals surface area contributed by atoms with Gasteiger partial charge in [0.05, 0.1) is 11.4 Å². The van der Waals surface area contributed by atoms with E-state index in [1.807, 2.05) is 18.2 Å². The average molecular weight is 254 g/mol. The molecule has 0 aliphatic carbocycles. The molecule has 3 rings (SSSR count). The number of aryl methyl sites for hydroxylation is 1. The van der Waals surface area contributed by atoms with Crippen LogP contribution >= 0.6 is 0 Å². The number of carboxylic acid groups (broad SMARTS) is 1. The van der Waals surface area contributed by atoms with Crippen LogP contribution in [0.5, 0.6) is 0 Å². The highest BCUT2D eigenvalue weighted by Gasteiger charge is 2.17. The molecule has 19 heavy (non-hydrogen) atoms. The second-order valence-electron chi connectivity index (χ2n) is 4.05. The third-order valence-corrected chi connectivity index (χ3v) is 2.78. The largest absolute Gasteiger partial charge is 0.476 e. The fraction of sp³-hybridized carbons (Fsp3) is 0.0769. The molecule has 0 aromatic carbocycles. The molecule has 0 saturated carbocycles. The van der Waals surface area contributed by atoms with E-state index in [0.29, 0.717) is 22.7 Å². The number of hydrogen-bond donors (Lipinski definition) is 1. The maximum absolute atomic E-state index is 11.2. The number of carbonyl (C=O) groups is 1. The topological polar surface area (TPSA) is 80.4 Å². The van der Waals surface area contributed by atoms with E-state index >= 15 is 0 Å². The molecular weight excluding hydrogens is 244 g/mol. The van der Waals surface area contributed by atoms with Crippen molar-refractivity contribution < 1.29 is 9.90 Å². The molecule has 0 saturated heterocycles. The van der Waals surface area contributed by atoms with Crippen LogP contribution in [0.4, 0.5) is 0 Å². The zero-order valence-corrected chi connectivity index (χ0v) is 10.1. The standard InChI is InChI=1S/C13H10N4O2/c1-8-12(13(18)19)17-11(15-8)6-5-10(16-17)9-4-2-3-7-14-9/h2-7H,1H3,(H,18,19). The number of rotatable bonds is 2. The predicted octanol–water partition coefficient (Wildman–Crippen LogP) is 1.80. The highest BCUT2D eigenvalue weighted by atomic mass is 16.4. The summed E-state index contributed by atoms with van der Waals surface area (Å²) in [4.78, 5) is 19.6. The molecule has 0 bridgehead atoms. The first-order chi connectivity index (χ1) is 9.16. The lowest BCUT2D eigenvalue weighted by atomic mass is 10.2. The number of pyridine rings is 1. The van der Waals surface area contributed by atoms with Gasteiger partial charge in [0.2, 0.25) is 0 Å². The average Bonchev–Trinajstić information content (AvgIpc) is 2.74. The lowest BCUT2D eigenvalue weighted by molar-refractivity contribution is 0.0687. The normalized spacial score (nSPS) is 10.8. The van der Waals surface area contributed by atoms with Gasteiger partial charge in [0.25, 0.3) is 0 Å². The number of fused-ring (bicyclic) bond motifs is 1. The monoisotopic (exact) mass is 254 g/mol. The summed E-state index contributed by atoms with van der Waals surface area (Å²) >= 11 is 0. The van der Waals surface area contributed by atoms with Gasteiger partial charge in [-0.05, 0) is 31.2 Å². The molecule has 3 heterocycles. The van der Waals surface area contributed by atoms with Crippen LogP contribution in [-0.2, 0) is 0 Å². The zero-order chi connectivity index (χ0) is 13.4. The zero-order valence-electron chi connectivity index (χ0n) is 10.1. The molecule has 6 nitrogen and oxygen atoms in total. The molecule has 0 amide bonds. The predicted molar refractivity (Wildman–Crippen MR) is 67.9 cm³/mol. The number of imidazole rings is 1. The summed E-state index contributed by atoms with van der Waals surface area (Å²) < 4.78 is 1.34. The summed E-state index contributed by atoms with van der Waals surface area (Å²) in [6.07, 6.45) is 1.67. The minimum Gasteiger partial charge on any atom is -0.476 e. The molecule has 0 fully saturated rings. The molecule has 6 heteroatoms. The lowest BCUT2D eigenvalue weighted by Crippen LogP contribution is -2.06. The Hall–Kier alpha value is -2.76. The first kappa shape index (κ1) is 11.3. The smallest absolute Gasteiger partial charge is 0.356 e. The van der Waals surface area contributed by atoms with Crippen molar-refractivity contribution in [3.63, 3.8) is 0 Å². The van der Waals surface area contributed by atoms with Crippen molar-refractivity contribution >= 4 is 11.6 Å². The Labute approximate surface area is 108 Å². The van der Waals surface area contributed by atoms with Crippen molar-refractivity contribution in [3.05, 3.63) is 47.9 Å². The molecular formula is C13H10N4O2. The molecule has 0 atom stereocenters. The maximum Gasteiger partial charge on any atom is 0.356 e. The van der Waals surface area contributed by atoms with E-state index in [1.54, 1.807) is 25.3 Å². The van der Waals surface area contributed by atoms with Gasteiger partial charge in [-0.2, -0.15) is 5.10 Å². The van der Waals surface area contributed by atoms with Crippen LogP contribution in [0.25, 0.3) is 17.0 Å². The van der Waals surface area contributed by atoms with Gasteiger partial charge in [0.1, 0.15) is 5.69 Å². The summed E-state index contributed by atoms with van der Waals surface area (Å²) in [7, 11) is 0. The van der Waals surface area contributed by atoms with Gasteiger partial charge < -0.3 is 5.11 Å². The molecule has 3 aromatic rings. The fourth-order valence-corrected chi connectivity index (χ4v) is 1.94. The summed E-state index contributed by atoms with van der Waals surface area (Å²) in [5.74, 6) is -1.05. The van der Waals surface area contributed by atoms with E-state index in [0.717, 1.165) is 0 Å². The third-order valence-electron chi connectivity index (χ3n) is 2.78. The molecule has 0 radical (unpaired) electrons. The van der Waals surface area contributed by atoms with Crippen LogP contribution in [0.3, 0.4) is 0 Å². The Bertz CT molecular complexity index is 765. The van der Waals surface area contributed by atoms with Crippen LogP contribution in [0.2, 0.25) is 0 Å². The number of aromatic nitrogens is 4. The molecule has 0 unspecified atom stereocenters. The Kier molecular flexibility index (Phi) is 2.49. The molecule has 0 aliphatic rings. The van der Waals surface area contributed by atoms with Crippen molar-refractivity contribution in [1.29, 1.82) is 0 Å². The molecule has 3 aromatic heterocycles. The Morgan fingerprint density at radius 3 is 2.74 bits per heavy atom. The van der Waals surface area contributed by atoms with E-state index in [4.69, 9.17) is 0 Å². The first-order valence-electron chi connectivity index (χ1n) is 5.68. The number of nitrogens with zero attached hydrogens (tertiary/aromatic N) is 4. The highest BCUT2D eigenvalue weighted by molar-refractivity contribution is 5.88. The number of hydrogen-bond acceptors (Lipinski definition) is 4. The fourth-order valence-electron chi connectivity index (χ4n) is 1.94. The van der Waals surface area contributed by atoms with Crippen molar-refractivity contribution in [3.8, 4) is 11.4 Å². The van der Waals surface area contributed by atoms with Crippen molar-refractivity contribution in [1.82, 2.24) is 19.6 Å². The Morgan fingerprint density at radius 1 is 1.21 bits per heavy atom. The van der Waals surface area contributed by atoms with Gasteiger partial charge in [-0.3, -0.25) is 4.98 Å². The van der Waals surface area contributed by atoms with E-state index < -0.39 is 5.97 Å². The van der Waals surface area contributed by atoms with Crippen LogP contribution in [0.1, 0.15) is 16.2 Å². The van der Waals surface area contributed by atoms with E-state index in [1.165, 1.54) is 4.52 Å². The van der Waals surface area contributed by atoms with Gasteiger partial charge >= 0.3 is 5.97 Å². The highest BCUT2D eigenvalue weighted by Crippen LogP contribution is 2.16. The maximum atomic E-state index is 11.2. The van der Waals surface area contributed by atoms with Gasteiger partial charge in [-0.1, -0.05) is 6.07 Å². The lowest BCUT2D eigenvalue weighted by Gasteiger charge is -2.01. The molecule has 1 N–H and O–H groups in total. The van der Waals surface area contributed by atoms with Gasteiger partial charge in [-0.15, -0.1) is 0 Å². The Morgan fingerprint density at radius 2 is 2.05 bits per heavy atom. The first-order valence-corrected chi connectivity index (χ1v) is 5.68. The Balaban J connectivity index is 2.25. The molecule has 0 aliphatic heterocycles. The summed E-state index contributed by atoms with van der Waals surface area (Å²) in [6.45, 7) is 1.65. The van der Waals surface area contributed by atoms with Crippen molar-refractivity contribution in [2.45, 2.75) is 6.92 Å². The number of aromatic carboxylic acids is 1. The molecule has 94 valence electrons. The third kappa shape index (κ3) is 1.83. The second-order valence-corrected chi connectivity index (χ2v) is 4.05. The molecule has 0 spiro atoms. The minimum absolute atomic E-state index is 0.0766. The van der Waals surface area contributed by atoms with Crippen LogP contribution in [0.15, 0.2) is 36.5 Å². The summed E-state index contributed by atoms with van der Waals surface area (Å²) in [5.41, 5.74) is 2.32. The minimum atomic E-state index is -1.05. The van der Waals surface area contributed by atoms with Gasteiger partial charge in [0.15, 0.2) is 11.3 Å². The van der Waals surface area contributed by atoms with Crippen molar-refractivity contribution in [2.75, 3.05) is 0 Å². The summed E-state index contributed by atoms with van der Waals surface area (Å²) in [6, 6.07) is 8.99. The van der Waals surface area contributed by atoms with Gasteiger partial charge in [-0.25, -0.2) is 14.3 Å². The van der Waals surface area contributed by atoms with Gasteiger partial charge in [0, 0.05) is 6.20 Å². The van der Waals surface area contributed by atoms with E-state index in [2.05, 4.69) is 15.1 Å². The van der Waals surface area contributed by atoms with Crippen LogP contribution in [-0.4, -0.2) is 30.7 Å². The summed E-state index contributed by atoms with van der Waals surface area (Å²) in [5, 5.41) is 13.5. The van der Waals surface area contributed by atoms with E-state index in [9.17, 15) is 9.90 Å². The second kappa shape index (κ2) is 4.16. The quantitative estimate of drug-likeness (QED) is 0.754. The number of carboxylic acids is 1. The SMILES string of the molecule is Cc1nc2ccc(-c3ccccn3)nn2c1C(=O)O.